The van der Waals surface area contributed by atoms with Crippen LogP contribution in [0, 0.1) is 13.8 Å². The van der Waals surface area contributed by atoms with E-state index in [2.05, 4.69) is 4.98 Å². The lowest BCUT2D eigenvalue weighted by molar-refractivity contribution is 0.281. The standard InChI is InChI=1S/C10H14N2O/c1-6-4-8-9(7(2)12-6)13-5-10(8,3)11/h4H,5,11H2,1-3H3. The monoisotopic (exact) mass is 178 g/mol. The normalized spacial score (nSPS) is 25.5. The molecule has 70 valence electrons. The molecule has 1 aromatic rings. The Kier molecular flexibility index (Phi) is 1.60. The number of hydrogen-bond donors (Lipinski definition) is 1. The van der Waals surface area contributed by atoms with E-state index in [0.29, 0.717) is 6.61 Å². The first kappa shape index (κ1) is 8.51. The van der Waals surface area contributed by atoms with Crippen molar-refractivity contribution in [2.24, 2.45) is 5.73 Å². The van der Waals surface area contributed by atoms with Crippen molar-refractivity contribution in [2.45, 2.75) is 26.3 Å². The van der Waals surface area contributed by atoms with Crippen molar-refractivity contribution < 1.29 is 4.74 Å². The summed E-state index contributed by atoms with van der Waals surface area (Å²) in [5.41, 5.74) is 8.74. The van der Waals surface area contributed by atoms with Crippen molar-refractivity contribution >= 4 is 0 Å². The highest BCUT2D eigenvalue weighted by molar-refractivity contribution is 5.45. The summed E-state index contributed by atoms with van der Waals surface area (Å²) >= 11 is 0. The zero-order valence-corrected chi connectivity index (χ0v) is 8.22. The minimum absolute atomic E-state index is 0.353. The fourth-order valence-electron chi connectivity index (χ4n) is 1.72. The van der Waals surface area contributed by atoms with Crippen molar-refractivity contribution in [1.29, 1.82) is 0 Å². The Morgan fingerprint density at radius 1 is 1.54 bits per heavy atom. The number of fused-ring (bicyclic) bond motifs is 1. The van der Waals surface area contributed by atoms with Gasteiger partial charge in [-0.2, -0.15) is 0 Å². The molecule has 0 radical (unpaired) electrons. The third-order valence-corrected chi connectivity index (χ3v) is 2.40. The molecule has 1 aliphatic rings. The van der Waals surface area contributed by atoms with Crippen molar-refractivity contribution in [3.05, 3.63) is 23.0 Å². The fourth-order valence-corrected chi connectivity index (χ4v) is 1.72. The lowest BCUT2D eigenvalue weighted by Gasteiger charge is -2.15. The van der Waals surface area contributed by atoms with E-state index in [1.807, 2.05) is 26.8 Å². The molecular formula is C10H14N2O. The van der Waals surface area contributed by atoms with Gasteiger partial charge in [0.25, 0.3) is 0 Å². The van der Waals surface area contributed by atoms with Gasteiger partial charge in [0.1, 0.15) is 12.4 Å². The van der Waals surface area contributed by atoms with E-state index in [1.54, 1.807) is 0 Å². The van der Waals surface area contributed by atoms with Gasteiger partial charge in [-0.1, -0.05) is 0 Å². The van der Waals surface area contributed by atoms with Crippen LogP contribution in [-0.4, -0.2) is 11.6 Å². The van der Waals surface area contributed by atoms with Gasteiger partial charge in [0.15, 0.2) is 0 Å². The van der Waals surface area contributed by atoms with Gasteiger partial charge < -0.3 is 10.5 Å². The SMILES string of the molecule is Cc1cc2c(c(C)n1)OCC2(C)N. The van der Waals surface area contributed by atoms with Crippen LogP contribution < -0.4 is 10.5 Å². The summed E-state index contributed by atoms with van der Waals surface area (Å²) in [6.45, 7) is 6.46. The molecule has 13 heavy (non-hydrogen) atoms. The number of nitrogens with two attached hydrogens (primary N) is 1. The van der Waals surface area contributed by atoms with Crippen LogP contribution in [0.4, 0.5) is 0 Å². The number of aryl methyl sites for hydroxylation is 2. The van der Waals surface area contributed by atoms with E-state index in [0.717, 1.165) is 22.7 Å². The van der Waals surface area contributed by atoms with Crippen molar-refractivity contribution in [3.8, 4) is 5.75 Å². The molecular weight excluding hydrogens is 164 g/mol. The van der Waals surface area contributed by atoms with Crippen LogP contribution in [0.2, 0.25) is 0 Å². The molecule has 0 spiro atoms. The van der Waals surface area contributed by atoms with E-state index in [4.69, 9.17) is 10.5 Å². The second kappa shape index (κ2) is 2.45. The maximum absolute atomic E-state index is 6.07. The van der Waals surface area contributed by atoms with Crippen LogP contribution in [-0.2, 0) is 5.54 Å². The second-order valence-electron chi connectivity index (χ2n) is 3.93. The number of hydrogen-bond acceptors (Lipinski definition) is 3. The molecule has 2 N–H and O–H groups in total. The van der Waals surface area contributed by atoms with Gasteiger partial charge in [-0.05, 0) is 26.8 Å². The summed E-state index contributed by atoms with van der Waals surface area (Å²) in [7, 11) is 0. The van der Waals surface area contributed by atoms with Crippen LogP contribution in [0.1, 0.15) is 23.9 Å². The first-order chi connectivity index (χ1) is 6.00. The van der Waals surface area contributed by atoms with Crippen molar-refractivity contribution in [1.82, 2.24) is 4.98 Å². The summed E-state index contributed by atoms with van der Waals surface area (Å²) in [6.07, 6.45) is 0. The maximum atomic E-state index is 6.07. The summed E-state index contributed by atoms with van der Waals surface area (Å²) in [5.74, 6) is 0.871. The number of pyridine rings is 1. The number of aromatic nitrogens is 1. The molecule has 0 amide bonds. The van der Waals surface area contributed by atoms with Gasteiger partial charge in [-0.3, -0.25) is 4.98 Å². The molecule has 1 atom stereocenters. The molecule has 0 bridgehead atoms. The zero-order valence-electron chi connectivity index (χ0n) is 8.22. The highest BCUT2D eigenvalue weighted by atomic mass is 16.5. The average molecular weight is 178 g/mol. The zero-order chi connectivity index (χ0) is 9.64. The van der Waals surface area contributed by atoms with Gasteiger partial charge in [0, 0.05) is 11.3 Å². The fraction of sp³-hybridized carbons (Fsp3) is 0.500. The molecule has 1 aromatic heterocycles. The lowest BCUT2D eigenvalue weighted by Crippen LogP contribution is -2.34. The van der Waals surface area contributed by atoms with E-state index >= 15 is 0 Å². The maximum Gasteiger partial charge on any atom is 0.145 e. The average Bonchev–Trinajstić information content (AvgIpc) is 2.28. The third kappa shape index (κ3) is 1.20. The van der Waals surface area contributed by atoms with Gasteiger partial charge >= 0.3 is 0 Å². The molecule has 0 fully saturated rings. The van der Waals surface area contributed by atoms with Gasteiger partial charge in [0.05, 0.1) is 11.2 Å². The number of ether oxygens (including phenoxy) is 1. The summed E-state index contributed by atoms with van der Waals surface area (Å²) in [5, 5.41) is 0. The smallest absolute Gasteiger partial charge is 0.145 e. The molecule has 3 nitrogen and oxygen atoms in total. The molecule has 0 saturated heterocycles. The molecule has 2 rings (SSSR count). The minimum Gasteiger partial charge on any atom is -0.489 e. The van der Waals surface area contributed by atoms with Gasteiger partial charge in [-0.15, -0.1) is 0 Å². The van der Waals surface area contributed by atoms with Gasteiger partial charge in [0.2, 0.25) is 0 Å². The Bertz CT molecular complexity index is 358. The van der Waals surface area contributed by atoms with Crippen LogP contribution in [0.25, 0.3) is 0 Å². The first-order valence-electron chi connectivity index (χ1n) is 4.41. The second-order valence-corrected chi connectivity index (χ2v) is 3.93. The number of rotatable bonds is 0. The topological polar surface area (TPSA) is 48.1 Å². The molecule has 1 aliphatic heterocycles. The molecule has 3 heteroatoms. The molecule has 1 unspecified atom stereocenters. The van der Waals surface area contributed by atoms with Crippen LogP contribution in [0.3, 0.4) is 0 Å². The Morgan fingerprint density at radius 2 is 2.23 bits per heavy atom. The summed E-state index contributed by atoms with van der Waals surface area (Å²) < 4.78 is 5.51. The predicted octanol–water partition coefficient (Wildman–Crippen LogP) is 1.26. The van der Waals surface area contributed by atoms with E-state index in [1.165, 1.54) is 0 Å². The first-order valence-corrected chi connectivity index (χ1v) is 4.41. The quantitative estimate of drug-likeness (QED) is 0.650. The molecule has 0 aromatic carbocycles. The molecule has 0 aliphatic carbocycles. The van der Waals surface area contributed by atoms with Crippen LogP contribution in [0.5, 0.6) is 5.75 Å². The van der Waals surface area contributed by atoms with Crippen LogP contribution >= 0.6 is 0 Å². The largest absolute Gasteiger partial charge is 0.489 e. The third-order valence-electron chi connectivity index (χ3n) is 2.40. The number of nitrogens with zero attached hydrogens (tertiary/aromatic N) is 1. The molecule has 0 saturated carbocycles. The van der Waals surface area contributed by atoms with Crippen molar-refractivity contribution in [2.75, 3.05) is 6.61 Å². The lowest BCUT2D eigenvalue weighted by atomic mass is 9.95. The highest BCUT2D eigenvalue weighted by Crippen LogP contribution is 2.36. The predicted molar refractivity (Wildman–Crippen MR) is 50.7 cm³/mol. The Labute approximate surface area is 77.9 Å². The minimum atomic E-state index is -0.353. The van der Waals surface area contributed by atoms with E-state index in [9.17, 15) is 0 Å². The van der Waals surface area contributed by atoms with Crippen molar-refractivity contribution in [3.63, 3.8) is 0 Å². The Balaban J connectivity index is 2.65. The van der Waals surface area contributed by atoms with Gasteiger partial charge in [-0.25, -0.2) is 0 Å². The summed E-state index contributed by atoms with van der Waals surface area (Å²) in [6, 6.07) is 2.01. The van der Waals surface area contributed by atoms with E-state index in [-0.39, 0.29) is 5.54 Å². The molecule has 2 heterocycles. The summed E-state index contributed by atoms with van der Waals surface area (Å²) in [4.78, 5) is 4.33. The Hall–Kier alpha value is -1.09. The van der Waals surface area contributed by atoms with E-state index < -0.39 is 0 Å². The van der Waals surface area contributed by atoms with Crippen LogP contribution in [0.15, 0.2) is 6.07 Å². The highest BCUT2D eigenvalue weighted by Gasteiger charge is 2.33. The Morgan fingerprint density at radius 3 is 2.92 bits per heavy atom.